The predicted molar refractivity (Wildman–Crippen MR) is 54.3 cm³/mol. The molecular formula is C11H7ClF4O. The molecule has 1 atom stereocenters. The summed E-state index contributed by atoms with van der Waals surface area (Å²) in [5.41, 5.74) is -0.164. The molecule has 0 aliphatic carbocycles. The molecule has 0 amide bonds. The number of hydrogen-bond acceptors (Lipinski definition) is 1. The Bertz CT molecular complexity index is 459. The van der Waals surface area contributed by atoms with E-state index in [4.69, 9.17) is 11.6 Å². The molecule has 0 radical (unpaired) electrons. The van der Waals surface area contributed by atoms with Gasteiger partial charge in [-0.3, -0.25) is 0 Å². The first kappa shape index (κ1) is 12.2. The smallest absolute Gasteiger partial charge is 0.354 e. The largest absolute Gasteiger partial charge is 0.487 e. The fourth-order valence-corrected chi connectivity index (χ4v) is 1.77. The Morgan fingerprint density at radius 3 is 2.41 bits per heavy atom. The van der Waals surface area contributed by atoms with E-state index >= 15 is 0 Å². The van der Waals surface area contributed by atoms with Crippen LogP contribution in [0.1, 0.15) is 11.7 Å². The fourth-order valence-electron chi connectivity index (χ4n) is 1.53. The van der Waals surface area contributed by atoms with Crippen LogP contribution in [0, 0.1) is 0 Å². The summed E-state index contributed by atoms with van der Waals surface area (Å²) in [4.78, 5) is 0. The van der Waals surface area contributed by atoms with Crippen LogP contribution >= 0.6 is 11.6 Å². The molecule has 17 heavy (non-hydrogen) atoms. The number of rotatable bonds is 1. The number of alkyl halides is 4. The third kappa shape index (κ3) is 1.88. The minimum atomic E-state index is -4.34. The molecule has 1 aromatic rings. The second-order valence-electron chi connectivity index (χ2n) is 3.59. The first-order valence-corrected chi connectivity index (χ1v) is 5.07. The highest BCUT2D eigenvalue weighted by Gasteiger charge is 2.63. The summed E-state index contributed by atoms with van der Waals surface area (Å²) in [7, 11) is 0. The molecule has 0 aromatic heterocycles. The van der Waals surface area contributed by atoms with Gasteiger partial charge in [0.25, 0.3) is 0 Å². The maximum Gasteiger partial charge on any atom is 0.354 e. The van der Waals surface area contributed by atoms with Crippen molar-refractivity contribution in [1.82, 2.24) is 0 Å². The van der Waals surface area contributed by atoms with Crippen molar-refractivity contribution in [3.63, 3.8) is 0 Å². The number of benzene rings is 1. The Labute approximate surface area is 99.6 Å². The van der Waals surface area contributed by atoms with E-state index in [-0.39, 0.29) is 16.7 Å². The quantitative estimate of drug-likeness (QED) is 0.693. The Morgan fingerprint density at radius 1 is 1.12 bits per heavy atom. The van der Waals surface area contributed by atoms with Gasteiger partial charge < -0.3 is 4.74 Å². The van der Waals surface area contributed by atoms with Gasteiger partial charge >= 0.3 is 11.8 Å². The highest BCUT2D eigenvalue weighted by atomic mass is 35.5. The Morgan fingerprint density at radius 2 is 1.76 bits per heavy atom. The van der Waals surface area contributed by atoms with Crippen molar-refractivity contribution in [2.24, 2.45) is 0 Å². The fraction of sp³-hybridized carbons (Fsp3) is 0.273. The van der Waals surface area contributed by atoms with E-state index in [9.17, 15) is 17.6 Å². The number of halogens is 5. The maximum absolute atomic E-state index is 13.5. The molecule has 0 N–H and O–H groups in total. The summed E-state index contributed by atoms with van der Waals surface area (Å²) in [5, 5.41) is -0.0386. The molecule has 1 nitrogen and oxygen atoms in total. The number of ether oxygens (including phenoxy) is 1. The average molecular weight is 267 g/mol. The van der Waals surface area contributed by atoms with Gasteiger partial charge in [-0.2, -0.15) is 17.6 Å². The van der Waals surface area contributed by atoms with Crippen LogP contribution < -0.4 is 0 Å². The first-order chi connectivity index (χ1) is 7.86. The van der Waals surface area contributed by atoms with Gasteiger partial charge in [-0.1, -0.05) is 29.8 Å². The van der Waals surface area contributed by atoms with Crippen molar-refractivity contribution >= 4 is 11.6 Å². The second kappa shape index (κ2) is 3.91. The highest BCUT2D eigenvalue weighted by molar-refractivity contribution is 6.31. The summed E-state index contributed by atoms with van der Waals surface area (Å²) >= 11 is 5.70. The minimum Gasteiger partial charge on any atom is -0.487 e. The lowest BCUT2D eigenvalue weighted by Crippen LogP contribution is -2.46. The van der Waals surface area contributed by atoms with Crippen molar-refractivity contribution in [2.75, 3.05) is 0 Å². The molecule has 0 bridgehead atoms. The molecule has 0 saturated heterocycles. The van der Waals surface area contributed by atoms with Crippen LogP contribution in [0.4, 0.5) is 17.6 Å². The Hall–Kier alpha value is -1.23. The average Bonchev–Trinajstić information content (AvgIpc) is 2.24. The molecule has 0 spiro atoms. The van der Waals surface area contributed by atoms with E-state index in [1.807, 2.05) is 0 Å². The van der Waals surface area contributed by atoms with Gasteiger partial charge in [0.15, 0.2) is 6.10 Å². The first-order valence-electron chi connectivity index (χ1n) is 4.69. The maximum atomic E-state index is 13.5. The Balaban J connectivity index is 2.48. The van der Waals surface area contributed by atoms with Crippen molar-refractivity contribution in [3.05, 3.63) is 47.2 Å². The van der Waals surface area contributed by atoms with Gasteiger partial charge in [0, 0.05) is 16.7 Å². The molecule has 1 aliphatic heterocycles. The molecule has 92 valence electrons. The molecule has 6 heteroatoms. The topological polar surface area (TPSA) is 9.23 Å². The van der Waals surface area contributed by atoms with Crippen molar-refractivity contribution in [1.29, 1.82) is 0 Å². The van der Waals surface area contributed by atoms with Crippen LogP contribution in [0.3, 0.4) is 0 Å². The van der Waals surface area contributed by atoms with E-state index in [2.05, 4.69) is 4.74 Å². The van der Waals surface area contributed by atoms with Crippen molar-refractivity contribution in [3.8, 4) is 0 Å². The Kier molecular flexibility index (Phi) is 2.81. The lowest BCUT2D eigenvalue weighted by Gasteiger charge is -2.34. The monoisotopic (exact) mass is 266 g/mol. The van der Waals surface area contributed by atoms with Gasteiger partial charge in [0.2, 0.25) is 0 Å². The van der Waals surface area contributed by atoms with Crippen molar-refractivity contribution in [2.45, 2.75) is 17.9 Å². The van der Waals surface area contributed by atoms with Gasteiger partial charge in [-0.05, 0) is 6.07 Å². The van der Waals surface area contributed by atoms with E-state index < -0.39 is 17.9 Å². The summed E-state index contributed by atoms with van der Waals surface area (Å²) in [6, 6.07) is 5.51. The van der Waals surface area contributed by atoms with E-state index in [0.29, 0.717) is 6.26 Å². The molecule has 1 aromatic carbocycles. The van der Waals surface area contributed by atoms with Crippen LogP contribution in [0.5, 0.6) is 0 Å². The van der Waals surface area contributed by atoms with Crippen LogP contribution in [0.25, 0.3) is 0 Å². The van der Waals surface area contributed by atoms with E-state index in [1.165, 1.54) is 24.3 Å². The predicted octanol–water partition coefficient (Wildman–Crippen LogP) is 4.20. The molecule has 1 unspecified atom stereocenters. The zero-order valence-corrected chi connectivity index (χ0v) is 9.10. The molecule has 1 aliphatic rings. The van der Waals surface area contributed by atoms with Gasteiger partial charge in [0.1, 0.15) is 0 Å². The highest BCUT2D eigenvalue weighted by Crippen LogP contribution is 2.50. The second-order valence-corrected chi connectivity index (χ2v) is 3.99. The summed E-state index contributed by atoms with van der Waals surface area (Å²) in [5.74, 6) is -8.60. The SMILES string of the molecule is FC1(F)C=COC(c2ccccc2Cl)C1(F)F. The standard InChI is InChI=1S/C11H7ClF4O/c12-8-4-2-1-3-7(8)9-11(15,16)10(13,14)5-6-17-9/h1-6,9H. The van der Waals surface area contributed by atoms with Crippen LogP contribution in [0.2, 0.25) is 5.02 Å². The van der Waals surface area contributed by atoms with E-state index in [1.54, 1.807) is 0 Å². The van der Waals surface area contributed by atoms with Crippen LogP contribution in [0.15, 0.2) is 36.6 Å². The number of hydrogen-bond donors (Lipinski definition) is 0. The summed E-state index contributed by atoms with van der Waals surface area (Å²) < 4.78 is 57.8. The molecular weight excluding hydrogens is 260 g/mol. The third-order valence-corrected chi connectivity index (χ3v) is 2.80. The third-order valence-electron chi connectivity index (χ3n) is 2.45. The molecule has 0 fully saturated rings. The van der Waals surface area contributed by atoms with Crippen LogP contribution in [-0.4, -0.2) is 11.8 Å². The lowest BCUT2D eigenvalue weighted by molar-refractivity contribution is -0.245. The minimum absolute atomic E-state index is 0.0386. The van der Waals surface area contributed by atoms with Gasteiger partial charge in [0.05, 0.1) is 6.26 Å². The zero-order valence-electron chi connectivity index (χ0n) is 8.34. The molecule has 0 saturated carbocycles. The molecule has 1 heterocycles. The van der Waals surface area contributed by atoms with E-state index in [0.717, 1.165) is 0 Å². The van der Waals surface area contributed by atoms with Crippen LogP contribution in [-0.2, 0) is 4.74 Å². The summed E-state index contributed by atoms with van der Waals surface area (Å²) in [6.07, 6.45) is -1.47. The van der Waals surface area contributed by atoms with Gasteiger partial charge in [-0.15, -0.1) is 0 Å². The lowest BCUT2D eigenvalue weighted by atomic mass is 9.97. The van der Waals surface area contributed by atoms with Crippen molar-refractivity contribution < 1.29 is 22.3 Å². The summed E-state index contributed by atoms with van der Waals surface area (Å²) in [6.45, 7) is 0. The molecule has 2 rings (SSSR count). The normalized spacial score (nSPS) is 25.4. The van der Waals surface area contributed by atoms with Gasteiger partial charge in [-0.25, -0.2) is 0 Å². The zero-order chi connectivity index (χ0) is 12.7. The number of allylic oxidation sites excluding steroid dienone is 1.